The highest BCUT2D eigenvalue weighted by atomic mass is 16.6. The van der Waals surface area contributed by atoms with Crippen molar-refractivity contribution in [1.82, 2.24) is 5.32 Å². The third kappa shape index (κ3) is 6.98. The van der Waals surface area contributed by atoms with Crippen molar-refractivity contribution in [3.8, 4) is 0 Å². The fourth-order valence-corrected chi connectivity index (χ4v) is 13.3. The van der Waals surface area contributed by atoms with Gasteiger partial charge in [-0.25, -0.2) is 9.59 Å². The average Bonchev–Trinajstić information content (AvgIpc) is 3.55. The fraction of sp³-hybridized carbons (Fsp3) is 0.580. The number of carbonyl (C=O) groups is 4. The molecule has 0 bridgehead atoms. The van der Waals surface area contributed by atoms with Crippen LogP contribution in [0.1, 0.15) is 135 Å². The minimum Gasteiger partial charge on any atom is -0.460 e. The lowest BCUT2D eigenvalue weighted by molar-refractivity contribution is -0.200. The van der Waals surface area contributed by atoms with Crippen molar-refractivity contribution in [1.29, 1.82) is 0 Å². The molecular formula is C50H61NO10. The number of alkyl carbamates (subject to hydrolysis) is 1. The number of ether oxygens (including phenoxy) is 3. The highest BCUT2D eigenvalue weighted by Gasteiger charge is 2.71. The van der Waals surface area contributed by atoms with Crippen molar-refractivity contribution in [2.75, 3.05) is 0 Å². The zero-order valence-electron chi connectivity index (χ0n) is 36.9. The standard InChI is InChI=1S/C50H61NO10/c1-30-37(60-44(56)58-30)29-57-43(55)51-50(8)38-19-22-49(7)41(47(38,5)21-20-39(50)59-31(2)52)36(53)27-34-35-28-46(4,24-23-45(35,3)25-26-48(34,49)6)42(54)61-40(32-15-11-9-12-16-32)33-17-13-10-14-18-33/h9-18,27,35,38-41H,19-26,28-29H2,1-8H3,(H,51,55)/t35-,38+,39-,41+,45+,46-,47-,48+,49+,50-/m0/s1. The van der Waals surface area contributed by atoms with E-state index in [1.165, 1.54) is 12.5 Å². The first-order valence-electron chi connectivity index (χ1n) is 22.0. The number of benzene rings is 2. The lowest BCUT2D eigenvalue weighted by Crippen LogP contribution is -2.72. The molecule has 61 heavy (non-hydrogen) atoms. The molecule has 0 radical (unpaired) electrons. The molecule has 4 saturated carbocycles. The summed E-state index contributed by atoms with van der Waals surface area (Å²) in [5, 5.41) is 3.10. The van der Waals surface area contributed by atoms with E-state index < -0.39 is 51.9 Å². The maximum atomic E-state index is 15.2. The molecule has 5 aliphatic rings. The SMILES string of the molecule is CC(=O)O[C@H]1CC[C@@]2(C)[C@@H](CC[C@]3(C)[C@@H]2C(=O)C=C2[C@@H]4C[C@@](C)(C(=O)OC(c5ccccc5)c5ccccc5)CC[C@]4(C)CC[C@]23C)[C@]1(C)NC(=O)OCc1oc(=O)oc1C. The summed E-state index contributed by atoms with van der Waals surface area (Å²) < 4.78 is 28.0. The van der Waals surface area contributed by atoms with E-state index in [4.69, 9.17) is 23.0 Å². The molecule has 8 rings (SSSR count). The van der Waals surface area contributed by atoms with E-state index in [0.717, 1.165) is 30.4 Å². The number of carbonyl (C=O) groups excluding carboxylic acids is 4. The second kappa shape index (κ2) is 15.2. The van der Waals surface area contributed by atoms with E-state index >= 15 is 4.79 Å². The van der Waals surface area contributed by atoms with Gasteiger partial charge in [0.25, 0.3) is 0 Å². The van der Waals surface area contributed by atoms with Gasteiger partial charge in [0.2, 0.25) is 0 Å². The third-order valence-corrected chi connectivity index (χ3v) is 17.0. The number of fused-ring (bicyclic) bond motifs is 7. The molecule has 11 nitrogen and oxygen atoms in total. The number of allylic oxidation sites excluding steroid dienone is 2. The van der Waals surface area contributed by atoms with Crippen molar-refractivity contribution in [2.45, 2.75) is 138 Å². The molecule has 326 valence electrons. The third-order valence-electron chi connectivity index (χ3n) is 17.0. The first kappa shape index (κ1) is 42.7. The molecule has 1 amide bonds. The van der Waals surface area contributed by atoms with E-state index in [2.05, 4.69) is 39.9 Å². The zero-order chi connectivity index (χ0) is 43.8. The van der Waals surface area contributed by atoms with Gasteiger partial charge in [0.1, 0.15) is 6.10 Å². The van der Waals surface area contributed by atoms with Crippen LogP contribution in [0.25, 0.3) is 0 Å². The van der Waals surface area contributed by atoms with E-state index in [0.29, 0.717) is 38.5 Å². The van der Waals surface area contributed by atoms with Gasteiger partial charge in [0, 0.05) is 12.8 Å². The van der Waals surface area contributed by atoms with Gasteiger partial charge < -0.3 is 28.4 Å². The summed E-state index contributed by atoms with van der Waals surface area (Å²) in [5.41, 5.74) is -0.219. The number of aryl methyl sites for hydroxylation is 1. The lowest BCUT2D eigenvalue weighted by atomic mass is 9.34. The first-order chi connectivity index (χ1) is 28.8. The normalized spacial score (nSPS) is 36.6. The van der Waals surface area contributed by atoms with Gasteiger partial charge in [-0.15, -0.1) is 0 Å². The molecule has 2 aromatic carbocycles. The van der Waals surface area contributed by atoms with E-state index in [1.807, 2.05) is 73.7 Å². The minimum atomic E-state index is -1.08. The molecule has 5 aliphatic carbocycles. The minimum absolute atomic E-state index is 0.0152. The predicted molar refractivity (Wildman–Crippen MR) is 226 cm³/mol. The number of hydrogen-bond acceptors (Lipinski definition) is 10. The highest BCUT2D eigenvalue weighted by molar-refractivity contribution is 5.96. The van der Waals surface area contributed by atoms with Crippen LogP contribution in [-0.2, 0) is 35.2 Å². The summed E-state index contributed by atoms with van der Waals surface area (Å²) >= 11 is 0. The summed E-state index contributed by atoms with van der Waals surface area (Å²) in [6, 6.07) is 19.8. The topological polar surface area (TPSA) is 151 Å². The Kier molecular flexibility index (Phi) is 10.6. The molecule has 3 aromatic rings. The summed E-state index contributed by atoms with van der Waals surface area (Å²) in [4.78, 5) is 67.5. The van der Waals surface area contributed by atoms with Gasteiger partial charge in [-0.1, -0.05) is 93.9 Å². The van der Waals surface area contributed by atoms with Crippen molar-refractivity contribution in [3.05, 3.63) is 106 Å². The number of nitrogens with one attached hydrogen (secondary N) is 1. The van der Waals surface area contributed by atoms with Crippen LogP contribution >= 0.6 is 0 Å². The van der Waals surface area contributed by atoms with Crippen molar-refractivity contribution < 1.29 is 42.2 Å². The molecule has 0 aliphatic heterocycles. The van der Waals surface area contributed by atoms with Crippen LogP contribution in [0.4, 0.5) is 4.79 Å². The second-order valence-corrected chi connectivity index (χ2v) is 20.4. The quantitative estimate of drug-likeness (QED) is 0.172. The lowest BCUT2D eigenvalue weighted by Gasteiger charge is -2.70. The number of hydrogen-bond donors (Lipinski definition) is 1. The largest absolute Gasteiger partial charge is 0.519 e. The fourth-order valence-electron chi connectivity index (χ4n) is 13.3. The van der Waals surface area contributed by atoms with Gasteiger partial charge in [-0.3, -0.25) is 14.4 Å². The summed E-state index contributed by atoms with van der Waals surface area (Å²) in [6.07, 6.45) is 6.56. The van der Waals surface area contributed by atoms with Crippen LogP contribution in [-0.4, -0.2) is 35.5 Å². The van der Waals surface area contributed by atoms with Gasteiger partial charge in [-0.2, -0.15) is 0 Å². The number of amides is 1. The van der Waals surface area contributed by atoms with Gasteiger partial charge in [-0.05, 0) is 129 Å². The molecule has 1 aromatic heterocycles. The monoisotopic (exact) mass is 835 g/mol. The summed E-state index contributed by atoms with van der Waals surface area (Å²) in [5.74, 6) is -1.73. The smallest absolute Gasteiger partial charge is 0.460 e. The summed E-state index contributed by atoms with van der Waals surface area (Å²) in [6.45, 7) is 15.8. The molecule has 10 atom stereocenters. The molecule has 0 spiro atoms. The maximum absolute atomic E-state index is 15.2. The number of ketones is 1. The predicted octanol–water partition coefficient (Wildman–Crippen LogP) is 9.75. The Balaban J connectivity index is 1.09. The van der Waals surface area contributed by atoms with Crippen LogP contribution in [0.15, 0.2) is 85.9 Å². The summed E-state index contributed by atoms with van der Waals surface area (Å²) in [7, 11) is 0. The zero-order valence-corrected chi connectivity index (χ0v) is 36.9. The molecule has 1 N–H and O–H groups in total. The van der Waals surface area contributed by atoms with Gasteiger partial charge >= 0.3 is 23.9 Å². The molecule has 11 heteroatoms. The van der Waals surface area contributed by atoms with Crippen LogP contribution in [0.5, 0.6) is 0 Å². The second-order valence-electron chi connectivity index (χ2n) is 20.4. The Hall–Kier alpha value is -4.93. The molecular weight excluding hydrogens is 775 g/mol. The average molecular weight is 836 g/mol. The first-order valence-corrected chi connectivity index (χ1v) is 22.0. The molecule has 4 fully saturated rings. The van der Waals surface area contributed by atoms with E-state index in [-0.39, 0.29) is 58.5 Å². The van der Waals surface area contributed by atoms with E-state index in [1.54, 1.807) is 6.92 Å². The Labute approximate surface area is 358 Å². The molecule has 0 unspecified atom stereocenters. The Morgan fingerprint density at radius 3 is 2.07 bits per heavy atom. The maximum Gasteiger partial charge on any atom is 0.519 e. The Morgan fingerprint density at radius 1 is 0.820 bits per heavy atom. The van der Waals surface area contributed by atoms with Crippen molar-refractivity contribution in [2.24, 2.45) is 44.8 Å². The number of rotatable bonds is 8. The highest BCUT2D eigenvalue weighted by Crippen LogP contribution is 2.74. The molecule has 1 heterocycles. The van der Waals surface area contributed by atoms with Crippen LogP contribution < -0.4 is 11.1 Å². The van der Waals surface area contributed by atoms with Crippen LogP contribution in [0.2, 0.25) is 0 Å². The van der Waals surface area contributed by atoms with Gasteiger partial charge in [0.15, 0.2) is 30.0 Å². The van der Waals surface area contributed by atoms with Crippen LogP contribution in [0.3, 0.4) is 0 Å². The van der Waals surface area contributed by atoms with Crippen molar-refractivity contribution in [3.63, 3.8) is 0 Å². The van der Waals surface area contributed by atoms with Crippen LogP contribution in [0, 0.1) is 51.8 Å². The van der Waals surface area contributed by atoms with Gasteiger partial charge in [0.05, 0.1) is 11.0 Å². The molecule has 0 saturated heterocycles. The Morgan fingerprint density at radius 2 is 1.46 bits per heavy atom. The van der Waals surface area contributed by atoms with E-state index in [9.17, 15) is 19.2 Å². The Bertz CT molecular complexity index is 2260. The number of esters is 2. The van der Waals surface area contributed by atoms with Crippen molar-refractivity contribution >= 4 is 23.8 Å².